The van der Waals surface area contributed by atoms with Crippen molar-refractivity contribution in [2.24, 2.45) is 0 Å². The van der Waals surface area contributed by atoms with Gasteiger partial charge in [0.05, 0.1) is 13.7 Å². The molecule has 0 unspecified atom stereocenters. The first kappa shape index (κ1) is 27.4. The van der Waals surface area contributed by atoms with Gasteiger partial charge in [0.25, 0.3) is 0 Å². The lowest BCUT2D eigenvalue weighted by Gasteiger charge is -2.36. The minimum atomic E-state index is -0.745. The van der Waals surface area contributed by atoms with Gasteiger partial charge in [-0.05, 0) is 85.3 Å². The molecule has 0 bridgehead atoms. The van der Waals surface area contributed by atoms with Crippen molar-refractivity contribution in [2.45, 2.75) is 58.9 Å². The highest BCUT2D eigenvalue weighted by molar-refractivity contribution is 5.82. The van der Waals surface area contributed by atoms with Crippen molar-refractivity contribution < 1.29 is 33.3 Å². The van der Waals surface area contributed by atoms with Crippen LogP contribution in [0.3, 0.4) is 0 Å². The van der Waals surface area contributed by atoms with Gasteiger partial charge in [0.1, 0.15) is 37.2 Å². The predicted molar refractivity (Wildman–Crippen MR) is 150 cm³/mol. The van der Waals surface area contributed by atoms with E-state index in [4.69, 9.17) is 23.7 Å². The fourth-order valence-corrected chi connectivity index (χ4v) is 5.03. The van der Waals surface area contributed by atoms with Crippen molar-refractivity contribution in [3.8, 4) is 28.4 Å². The van der Waals surface area contributed by atoms with E-state index >= 15 is 0 Å². The summed E-state index contributed by atoms with van der Waals surface area (Å²) < 4.78 is 28.2. The zero-order valence-corrected chi connectivity index (χ0v) is 23.6. The van der Waals surface area contributed by atoms with Crippen LogP contribution in [-0.2, 0) is 33.8 Å². The second-order valence-electron chi connectivity index (χ2n) is 11.0. The molecule has 8 heteroatoms. The Hall–Kier alpha value is -4.20. The van der Waals surface area contributed by atoms with Crippen LogP contribution in [0.4, 0.5) is 4.79 Å². The van der Waals surface area contributed by atoms with Crippen molar-refractivity contribution >= 4 is 12.1 Å². The van der Waals surface area contributed by atoms with E-state index in [-0.39, 0.29) is 6.54 Å². The van der Waals surface area contributed by atoms with E-state index in [1.54, 1.807) is 20.8 Å². The van der Waals surface area contributed by atoms with Crippen LogP contribution in [0.2, 0.25) is 0 Å². The third-order valence-electron chi connectivity index (χ3n) is 7.10. The number of carbonyl (C=O) groups excluding carboxylic acids is 2. The molecular weight excluding hydrogens is 510 g/mol. The summed E-state index contributed by atoms with van der Waals surface area (Å²) in [6, 6.07) is 17.2. The third kappa shape index (κ3) is 5.86. The molecule has 0 saturated heterocycles. The van der Waals surface area contributed by atoms with E-state index in [2.05, 4.69) is 19.1 Å². The smallest absolute Gasteiger partial charge is 0.411 e. The molecule has 210 valence electrons. The average molecular weight is 546 g/mol. The number of ether oxygens (including phenoxy) is 5. The Morgan fingerprint density at radius 2 is 1.75 bits per heavy atom. The number of carbonyl (C=O) groups is 2. The van der Waals surface area contributed by atoms with Gasteiger partial charge in [-0.1, -0.05) is 30.3 Å². The number of fused-ring (bicyclic) bond motifs is 2. The Morgan fingerprint density at radius 1 is 0.975 bits per heavy atom. The first-order valence-electron chi connectivity index (χ1n) is 13.4. The van der Waals surface area contributed by atoms with E-state index in [0.29, 0.717) is 32.0 Å². The van der Waals surface area contributed by atoms with Gasteiger partial charge in [-0.25, -0.2) is 9.59 Å². The molecule has 2 heterocycles. The molecule has 3 aromatic rings. The number of esters is 1. The van der Waals surface area contributed by atoms with Crippen LogP contribution in [0.15, 0.2) is 54.6 Å². The van der Waals surface area contributed by atoms with Crippen LogP contribution < -0.4 is 14.2 Å². The second-order valence-corrected chi connectivity index (χ2v) is 11.0. The number of nitrogens with zero attached hydrogens (tertiary/aromatic N) is 1. The summed E-state index contributed by atoms with van der Waals surface area (Å²) in [6.07, 6.45) is -0.204. The molecule has 2 aliphatic rings. The maximum Gasteiger partial charge on any atom is 0.411 e. The van der Waals surface area contributed by atoms with Gasteiger partial charge in [0.2, 0.25) is 0 Å². The summed E-state index contributed by atoms with van der Waals surface area (Å²) in [5, 5.41) is 0. The number of amides is 1. The maximum atomic E-state index is 13.0. The lowest BCUT2D eigenvalue weighted by Crippen LogP contribution is -2.50. The molecule has 1 amide bonds. The first-order valence-corrected chi connectivity index (χ1v) is 13.4. The van der Waals surface area contributed by atoms with E-state index < -0.39 is 23.7 Å². The topological polar surface area (TPSA) is 83.5 Å². The molecule has 5 rings (SSSR count). The van der Waals surface area contributed by atoms with E-state index in [1.807, 2.05) is 42.5 Å². The van der Waals surface area contributed by atoms with Crippen molar-refractivity contribution in [2.75, 3.05) is 20.3 Å². The molecule has 1 atom stereocenters. The Balaban J connectivity index is 1.33. The van der Waals surface area contributed by atoms with Crippen LogP contribution in [0.25, 0.3) is 11.1 Å². The molecular formula is C32H35NO7. The summed E-state index contributed by atoms with van der Waals surface area (Å²) in [5.74, 6) is 1.74. The van der Waals surface area contributed by atoms with Crippen molar-refractivity contribution in [1.29, 1.82) is 0 Å². The molecule has 3 aromatic carbocycles. The van der Waals surface area contributed by atoms with Gasteiger partial charge in [-0.3, -0.25) is 4.90 Å². The minimum absolute atomic E-state index is 0.222. The monoisotopic (exact) mass is 545 g/mol. The van der Waals surface area contributed by atoms with Crippen LogP contribution in [0, 0.1) is 6.92 Å². The molecule has 0 aliphatic carbocycles. The van der Waals surface area contributed by atoms with Gasteiger partial charge in [-0.15, -0.1) is 0 Å². The summed E-state index contributed by atoms with van der Waals surface area (Å²) in [7, 11) is 1.33. The number of methoxy groups -OCH3 is 1. The Morgan fingerprint density at radius 3 is 2.50 bits per heavy atom. The number of benzene rings is 3. The van der Waals surface area contributed by atoms with Gasteiger partial charge < -0.3 is 23.7 Å². The highest BCUT2D eigenvalue weighted by Crippen LogP contribution is 2.36. The zero-order valence-electron chi connectivity index (χ0n) is 23.6. The zero-order chi connectivity index (χ0) is 28.4. The lowest BCUT2D eigenvalue weighted by atomic mass is 9.94. The van der Waals surface area contributed by atoms with E-state index in [9.17, 15) is 9.59 Å². The number of hydrogen-bond acceptors (Lipinski definition) is 7. The van der Waals surface area contributed by atoms with E-state index in [0.717, 1.165) is 44.9 Å². The number of hydrogen-bond donors (Lipinski definition) is 0. The van der Waals surface area contributed by atoms with Gasteiger partial charge >= 0.3 is 12.1 Å². The maximum absolute atomic E-state index is 13.0. The van der Waals surface area contributed by atoms with Crippen LogP contribution in [0.1, 0.15) is 43.0 Å². The van der Waals surface area contributed by atoms with Crippen LogP contribution in [-0.4, -0.2) is 48.9 Å². The predicted octanol–water partition coefficient (Wildman–Crippen LogP) is 5.85. The molecule has 0 aromatic heterocycles. The molecule has 0 spiro atoms. The lowest BCUT2D eigenvalue weighted by molar-refractivity contribution is -0.147. The Labute approximate surface area is 234 Å². The average Bonchev–Trinajstić information content (AvgIpc) is 2.94. The summed E-state index contributed by atoms with van der Waals surface area (Å²) in [4.78, 5) is 26.9. The van der Waals surface area contributed by atoms with E-state index in [1.165, 1.54) is 12.0 Å². The molecule has 0 fully saturated rings. The van der Waals surface area contributed by atoms with Crippen LogP contribution in [0.5, 0.6) is 17.2 Å². The third-order valence-corrected chi connectivity index (χ3v) is 7.10. The fraction of sp³-hybridized carbons (Fsp3) is 0.375. The standard InChI is InChI=1S/C32H35NO7/c1-20-23(7-6-8-26(20)22-10-12-28-29(17-22)38-14-13-37-28)19-39-25-11-9-21-16-27(30(34)36-5)33(18-24(21)15-25)31(35)40-32(2,3)4/h6-12,15,17,27H,13-14,16,18-19H2,1-5H3/t27-/m1/s1. The summed E-state index contributed by atoms with van der Waals surface area (Å²) in [5.41, 5.74) is 5.53. The SMILES string of the molecule is COC(=O)[C@H]1Cc2ccc(OCc3cccc(-c4ccc5c(c4)OCCO5)c3C)cc2CN1C(=O)OC(C)(C)C. The number of rotatable bonds is 5. The largest absolute Gasteiger partial charge is 0.489 e. The molecule has 0 N–H and O–H groups in total. The molecule has 8 nitrogen and oxygen atoms in total. The molecule has 40 heavy (non-hydrogen) atoms. The van der Waals surface area contributed by atoms with Gasteiger partial charge in [0, 0.05) is 6.42 Å². The first-order chi connectivity index (χ1) is 19.1. The second kappa shape index (κ2) is 11.1. The summed E-state index contributed by atoms with van der Waals surface area (Å²) >= 11 is 0. The normalized spacial score (nSPS) is 16.1. The van der Waals surface area contributed by atoms with Crippen LogP contribution >= 0.6 is 0 Å². The fourth-order valence-electron chi connectivity index (χ4n) is 5.03. The molecule has 2 aliphatic heterocycles. The minimum Gasteiger partial charge on any atom is -0.489 e. The molecule has 0 radical (unpaired) electrons. The molecule has 0 saturated carbocycles. The van der Waals surface area contributed by atoms with Gasteiger partial charge in [0.15, 0.2) is 11.5 Å². The Kier molecular flexibility index (Phi) is 7.61. The Bertz CT molecular complexity index is 1430. The van der Waals surface area contributed by atoms with Crippen molar-refractivity contribution in [3.05, 3.63) is 76.9 Å². The van der Waals surface area contributed by atoms with Crippen molar-refractivity contribution in [3.63, 3.8) is 0 Å². The quantitative estimate of drug-likeness (QED) is 0.372. The highest BCUT2D eigenvalue weighted by atomic mass is 16.6. The van der Waals surface area contributed by atoms with Crippen molar-refractivity contribution in [1.82, 2.24) is 4.90 Å². The van der Waals surface area contributed by atoms with Gasteiger partial charge in [-0.2, -0.15) is 0 Å². The summed E-state index contributed by atoms with van der Waals surface area (Å²) in [6.45, 7) is 9.19. The highest BCUT2D eigenvalue weighted by Gasteiger charge is 2.37.